The van der Waals surface area contributed by atoms with Crippen molar-refractivity contribution >= 4 is 17.9 Å². The molecule has 146 valence electrons. The zero-order valence-corrected chi connectivity index (χ0v) is 17.4. The Morgan fingerprint density at radius 2 is 1.54 bits per heavy atom. The summed E-state index contributed by atoms with van der Waals surface area (Å²) in [6.45, 7) is 16.1. The average molecular weight is 377 g/mol. The van der Waals surface area contributed by atoms with E-state index in [1.165, 1.54) is 4.68 Å². The lowest BCUT2D eigenvalue weighted by Gasteiger charge is -2.31. The van der Waals surface area contributed by atoms with Gasteiger partial charge in [-0.25, -0.2) is 9.67 Å². The van der Waals surface area contributed by atoms with Gasteiger partial charge in [0, 0.05) is 17.3 Å². The molecule has 2 aromatic heterocycles. The second-order valence-electron chi connectivity index (χ2n) is 9.19. The Balaban J connectivity index is 2.39. The van der Waals surface area contributed by atoms with Gasteiger partial charge in [-0.15, -0.1) is 0 Å². The summed E-state index contributed by atoms with van der Waals surface area (Å²) in [6, 6.07) is 5.37. The third kappa shape index (κ3) is 3.44. The van der Waals surface area contributed by atoms with Crippen LogP contribution >= 0.6 is 0 Å². The molecule has 5 nitrogen and oxygen atoms in total. The first-order chi connectivity index (χ1) is 12.9. The zero-order valence-electron chi connectivity index (χ0n) is 17.4. The normalized spacial score (nSPS) is 15.5. The molecule has 0 saturated carbocycles. The maximum absolute atomic E-state index is 13.2. The molecule has 0 unspecified atom stereocenters. The molecule has 3 rings (SSSR count). The molecule has 0 amide bonds. The molecule has 1 N–H and O–H groups in total. The minimum Gasteiger partial charge on any atom is -0.289 e. The third-order valence-electron chi connectivity index (χ3n) is 4.84. The molecule has 0 bridgehead atoms. The number of allylic oxidation sites excluding steroid dienone is 4. The van der Waals surface area contributed by atoms with E-state index in [2.05, 4.69) is 16.7 Å². The van der Waals surface area contributed by atoms with Gasteiger partial charge in [-0.2, -0.15) is 0 Å². The van der Waals surface area contributed by atoms with Gasteiger partial charge in [0.15, 0.2) is 11.6 Å². The van der Waals surface area contributed by atoms with Gasteiger partial charge < -0.3 is 0 Å². The molecule has 2 aromatic rings. The Bertz CT molecular complexity index is 1130. The lowest BCUT2D eigenvalue weighted by molar-refractivity contribution is -0.114. The summed E-state index contributed by atoms with van der Waals surface area (Å²) in [5.41, 5.74) is 1.17. The first-order valence-corrected chi connectivity index (χ1v) is 9.36. The fourth-order valence-electron chi connectivity index (χ4n) is 3.31. The molecule has 0 aliphatic heterocycles. The van der Waals surface area contributed by atoms with E-state index in [4.69, 9.17) is 0 Å². The number of ketones is 1. The second kappa shape index (κ2) is 6.59. The number of nitrogens with zero attached hydrogens (tertiary/aromatic N) is 2. The molecular weight excluding hydrogens is 350 g/mol. The Kier molecular flexibility index (Phi) is 4.66. The molecule has 1 aliphatic carbocycles. The van der Waals surface area contributed by atoms with Crippen molar-refractivity contribution in [3.8, 4) is 5.82 Å². The SMILES string of the molecule is C=c1[nH]n(-c2ccccn2)c(=O)c1=C1C=C(C(C)(C)C)C(=O)C(C(C)(C)C)=C1. The van der Waals surface area contributed by atoms with Crippen LogP contribution in [0.4, 0.5) is 0 Å². The average Bonchev–Trinajstić information content (AvgIpc) is 2.88. The number of hydrogen-bond donors (Lipinski definition) is 1. The summed E-state index contributed by atoms with van der Waals surface area (Å²) in [5, 5.41) is 3.97. The van der Waals surface area contributed by atoms with E-state index in [0.29, 0.717) is 33.1 Å². The fraction of sp³-hybridized carbons (Fsp3) is 0.348. The Labute approximate surface area is 164 Å². The van der Waals surface area contributed by atoms with E-state index >= 15 is 0 Å². The summed E-state index contributed by atoms with van der Waals surface area (Å²) < 4.78 is 1.39. The predicted molar refractivity (Wildman–Crippen MR) is 112 cm³/mol. The molecule has 0 atom stereocenters. The molecule has 1 aliphatic rings. The molecule has 0 aromatic carbocycles. The Morgan fingerprint density at radius 1 is 0.964 bits per heavy atom. The highest BCUT2D eigenvalue weighted by atomic mass is 16.1. The van der Waals surface area contributed by atoms with Crippen molar-refractivity contribution in [1.29, 1.82) is 0 Å². The van der Waals surface area contributed by atoms with Crippen LogP contribution in [0, 0.1) is 10.8 Å². The molecule has 0 radical (unpaired) electrons. The van der Waals surface area contributed by atoms with Crippen molar-refractivity contribution in [2.24, 2.45) is 10.8 Å². The van der Waals surface area contributed by atoms with Crippen molar-refractivity contribution in [1.82, 2.24) is 14.8 Å². The van der Waals surface area contributed by atoms with Crippen LogP contribution < -0.4 is 16.1 Å². The van der Waals surface area contributed by atoms with Crippen LogP contribution in [0.25, 0.3) is 18.0 Å². The van der Waals surface area contributed by atoms with E-state index in [-0.39, 0.29) is 22.2 Å². The topological polar surface area (TPSA) is 67.8 Å². The summed E-state index contributed by atoms with van der Waals surface area (Å²) in [4.78, 5) is 30.5. The van der Waals surface area contributed by atoms with Gasteiger partial charge in [-0.1, -0.05) is 54.2 Å². The van der Waals surface area contributed by atoms with E-state index in [1.54, 1.807) is 18.3 Å². The van der Waals surface area contributed by atoms with Crippen molar-refractivity contribution in [2.75, 3.05) is 0 Å². The third-order valence-corrected chi connectivity index (χ3v) is 4.84. The van der Waals surface area contributed by atoms with Gasteiger partial charge in [0.05, 0.1) is 10.6 Å². The number of carbonyl (C=O) groups is 1. The molecule has 5 heteroatoms. The van der Waals surface area contributed by atoms with Gasteiger partial charge in [-0.3, -0.25) is 14.7 Å². The molecule has 0 saturated heterocycles. The number of pyridine rings is 1. The minimum absolute atomic E-state index is 0.0370. The van der Waals surface area contributed by atoms with Gasteiger partial charge in [0.2, 0.25) is 0 Å². The number of hydrogen-bond acceptors (Lipinski definition) is 3. The molecule has 2 heterocycles. The molecular formula is C23H27N3O2. The van der Waals surface area contributed by atoms with Crippen LogP contribution in [0.5, 0.6) is 0 Å². The summed E-state index contributed by atoms with van der Waals surface area (Å²) in [5.74, 6) is 0.533. The number of aromatic amines is 1. The smallest absolute Gasteiger partial charge is 0.281 e. The summed E-state index contributed by atoms with van der Waals surface area (Å²) >= 11 is 0. The van der Waals surface area contributed by atoms with Crippen molar-refractivity contribution in [2.45, 2.75) is 41.5 Å². The molecule has 28 heavy (non-hydrogen) atoms. The number of H-pyrrole nitrogens is 1. The maximum atomic E-state index is 13.2. The van der Waals surface area contributed by atoms with Crippen molar-refractivity contribution in [3.05, 3.63) is 68.6 Å². The first-order valence-electron chi connectivity index (χ1n) is 9.36. The zero-order chi connectivity index (χ0) is 20.9. The van der Waals surface area contributed by atoms with Gasteiger partial charge in [0.25, 0.3) is 5.56 Å². The van der Waals surface area contributed by atoms with E-state index in [0.717, 1.165) is 0 Å². The van der Waals surface area contributed by atoms with Crippen molar-refractivity contribution < 1.29 is 4.79 Å². The Morgan fingerprint density at radius 3 is 2.00 bits per heavy atom. The monoisotopic (exact) mass is 377 g/mol. The standard InChI is InChI=1S/C23H27N3O2/c1-14-19(21(28)26(25-14)18-10-8-9-11-24-18)15-12-16(22(2,3)4)20(27)17(13-15)23(5,6)7/h8-13,25H,1H2,2-7H3. The lowest BCUT2D eigenvalue weighted by atomic mass is 9.72. The van der Waals surface area contributed by atoms with Crippen molar-refractivity contribution in [3.63, 3.8) is 0 Å². The number of rotatable bonds is 1. The van der Waals surface area contributed by atoms with Gasteiger partial charge >= 0.3 is 0 Å². The summed E-state index contributed by atoms with van der Waals surface area (Å²) in [7, 11) is 0. The minimum atomic E-state index is -0.343. The highest BCUT2D eigenvalue weighted by Crippen LogP contribution is 2.38. The van der Waals surface area contributed by atoms with Gasteiger partial charge in [-0.05, 0) is 40.7 Å². The van der Waals surface area contributed by atoms with Crippen LogP contribution in [0.2, 0.25) is 0 Å². The molecule has 0 spiro atoms. The van der Waals surface area contributed by atoms with Crippen LogP contribution in [0.1, 0.15) is 41.5 Å². The number of Topliss-reactive ketones (excluding diaryl/α,β-unsaturated/α-hetero) is 1. The number of nitrogens with one attached hydrogen (secondary N) is 1. The largest absolute Gasteiger partial charge is 0.289 e. The second-order valence-corrected chi connectivity index (χ2v) is 9.19. The quantitative estimate of drug-likeness (QED) is 0.831. The van der Waals surface area contributed by atoms with Gasteiger partial charge in [0.1, 0.15) is 0 Å². The summed E-state index contributed by atoms with van der Waals surface area (Å²) in [6.07, 6.45) is 5.30. The van der Waals surface area contributed by atoms with E-state index in [9.17, 15) is 9.59 Å². The lowest BCUT2D eigenvalue weighted by Crippen LogP contribution is -2.37. The van der Waals surface area contributed by atoms with E-state index < -0.39 is 0 Å². The number of aromatic nitrogens is 3. The van der Waals surface area contributed by atoms with Crippen LogP contribution in [0.15, 0.2) is 52.5 Å². The number of carbonyl (C=O) groups excluding carboxylic acids is 1. The van der Waals surface area contributed by atoms with E-state index in [1.807, 2.05) is 59.8 Å². The maximum Gasteiger partial charge on any atom is 0.281 e. The van der Waals surface area contributed by atoms with Crippen LogP contribution in [-0.4, -0.2) is 20.5 Å². The van der Waals surface area contributed by atoms with Crippen LogP contribution in [0.3, 0.4) is 0 Å². The highest BCUT2D eigenvalue weighted by Gasteiger charge is 2.34. The predicted octanol–water partition coefficient (Wildman–Crippen LogP) is 2.65. The highest BCUT2D eigenvalue weighted by molar-refractivity contribution is 6.14. The Hall–Kier alpha value is -2.95. The first kappa shape index (κ1) is 19.8. The van der Waals surface area contributed by atoms with Crippen LogP contribution in [-0.2, 0) is 4.79 Å². The molecule has 0 fully saturated rings. The fourth-order valence-corrected chi connectivity index (χ4v) is 3.31.